The number of benzene rings is 2. The van der Waals surface area contributed by atoms with Gasteiger partial charge in [0.2, 0.25) is 11.8 Å². The molecule has 0 spiro atoms. The highest BCUT2D eigenvalue weighted by molar-refractivity contribution is 7.90. The highest BCUT2D eigenvalue weighted by Gasteiger charge is 2.40. The minimum absolute atomic E-state index is 0.00622. The SMILES string of the molecule is C[C@H](C(=O)NC(C)(C)C)N(CCc1ccccc1)C(=O)CCCN1C(=O)c2ccccc2S1(=O)=O. The first kappa shape index (κ1) is 26.4. The van der Waals surface area contributed by atoms with Crippen LogP contribution >= 0.6 is 0 Å². The van der Waals surface area contributed by atoms with Crippen molar-refractivity contribution in [2.75, 3.05) is 13.1 Å². The Kier molecular flexibility index (Phi) is 8.00. The van der Waals surface area contributed by atoms with Crippen LogP contribution in [-0.4, -0.2) is 60.0 Å². The first-order valence-corrected chi connectivity index (χ1v) is 13.2. The van der Waals surface area contributed by atoms with Crippen molar-refractivity contribution in [2.45, 2.75) is 63.4 Å². The zero-order valence-corrected chi connectivity index (χ0v) is 21.5. The highest BCUT2D eigenvalue weighted by atomic mass is 32.2. The van der Waals surface area contributed by atoms with Crippen LogP contribution in [0.4, 0.5) is 0 Å². The van der Waals surface area contributed by atoms with E-state index in [1.807, 2.05) is 51.1 Å². The number of fused-ring (bicyclic) bond motifs is 1. The molecule has 3 rings (SSSR count). The molecule has 35 heavy (non-hydrogen) atoms. The van der Waals surface area contributed by atoms with Crippen molar-refractivity contribution in [3.8, 4) is 0 Å². The molecule has 0 radical (unpaired) electrons. The van der Waals surface area contributed by atoms with Gasteiger partial charge in [0.05, 0.1) is 5.56 Å². The maximum absolute atomic E-state index is 13.2. The van der Waals surface area contributed by atoms with Crippen LogP contribution in [0, 0.1) is 0 Å². The quantitative estimate of drug-likeness (QED) is 0.571. The minimum Gasteiger partial charge on any atom is -0.350 e. The van der Waals surface area contributed by atoms with Crippen LogP contribution in [-0.2, 0) is 26.0 Å². The minimum atomic E-state index is -3.92. The number of nitrogens with one attached hydrogen (secondary N) is 1. The normalized spacial score (nSPS) is 15.4. The van der Waals surface area contributed by atoms with Crippen molar-refractivity contribution >= 4 is 27.7 Å². The lowest BCUT2D eigenvalue weighted by molar-refractivity contribution is -0.140. The summed E-state index contributed by atoms with van der Waals surface area (Å²) in [6.07, 6.45) is 0.749. The Morgan fingerprint density at radius 1 is 1.03 bits per heavy atom. The lowest BCUT2D eigenvalue weighted by Crippen LogP contribution is -2.53. The molecule has 2 aromatic carbocycles. The fourth-order valence-corrected chi connectivity index (χ4v) is 5.62. The molecule has 0 saturated carbocycles. The molecule has 0 aromatic heterocycles. The van der Waals surface area contributed by atoms with Gasteiger partial charge in [-0.1, -0.05) is 42.5 Å². The molecular formula is C26H33N3O5S. The van der Waals surface area contributed by atoms with E-state index >= 15 is 0 Å². The molecule has 8 nitrogen and oxygen atoms in total. The predicted octanol–water partition coefficient (Wildman–Crippen LogP) is 2.99. The Hall–Kier alpha value is -3.20. The average Bonchev–Trinajstić information content (AvgIpc) is 2.99. The standard InChI is InChI=1S/C26H33N3O5S/c1-19(24(31)27-26(2,3)4)28(18-16-20-11-6-5-7-12-20)23(30)15-10-17-29-25(32)21-13-8-9-14-22(21)35(29,33)34/h5-9,11-14,19H,10,15-18H2,1-4H3,(H,27,31)/t19-/m1/s1. The third kappa shape index (κ3) is 6.28. The summed E-state index contributed by atoms with van der Waals surface area (Å²) in [6.45, 7) is 7.55. The zero-order chi connectivity index (χ0) is 25.8. The summed E-state index contributed by atoms with van der Waals surface area (Å²) < 4.78 is 26.3. The summed E-state index contributed by atoms with van der Waals surface area (Å²) in [6, 6.07) is 15.1. The second-order valence-corrected chi connectivity index (χ2v) is 11.6. The van der Waals surface area contributed by atoms with E-state index < -0.39 is 27.5 Å². The number of rotatable bonds is 9. The molecule has 1 heterocycles. The maximum Gasteiger partial charge on any atom is 0.269 e. The highest BCUT2D eigenvalue weighted by Crippen LogP contribution is 2.30. The molecular weight excluding hydrogens is 466 g/mol. The van der Waals surface area contributed by atoms with Crippen LogP contribution < -0.4 is 5.32 Å². The molecule has 0 saturated heterocycles. The smallest absolute Gasteiger partial charge is 0.269 e. The molecule has 1 atom stereocenters. The first-order chi connectivity index (χ1) is 16.4. The van der Waals surface area contributed by atoms with E-state index in [2.05, 4.69) is 5.32 Å². The fraction of sp³-hybridized carbons (Fsp3) is 0.423. The molecule has 0 bridgehead atoms. The van der Waals surface area contributed by atoms with Crippen LogP contribution in [0.25, 0.3) is 0 Å². The molecule has 9 heteroatoms. The molecule has 1 N–H and O–H groups in total. The summed E-state index contributed by atoms with van der Waals surface area (Å²) >= 11 is 0. The molecule has 2 aromatic rings. The summed E-state index contributed by atoms with van der Waals surface area (Å²) in [7, 11) is -3.92. The monoisotopic (exact) mass is 499 g/mol. The lowest BCUT2D eigenvalue weighted by Gasteiger charge is -2.31. The van der Waals surface area contributed by atoms with Crippen LogP contribution in [0.15, 0.2) is 59.5 Å². The van der Waals surface area contributed by atoms with E-state index in [9.17, 15) is 22.8 Å². The van der Waals surface area contributed by atoms with Crippen molar-refractivity contribution in [3.05, 3.63) is 65.7 Å². The topological polar surface area (TPSA) is 104 Å². The third-order valence-corrected chi connectivity index (χ3v) is 7.65. The molecule has 1 aliphatic heterocycles. The number of carbonyl (C=O) groups is 3. The fourth-order valence-electron chi connectivity index (χ4n) is 4.01. The van der Waals surface area contributed by atoms with Crippen LogP contribution in [0.2, 0.25) is 0 Å². The Morgan fingerprint density at radius 3 is 2.29 bits per heavy atom. The van der Waals surface area contributed by atoms with E-state index in [4.69, 9.17) is 0 Å². The summed E-state index contributed by atoms with van der Waals surface area (Å²) in [4.78, 5) is 40.2. The zero-order valence-electron chi connectivity index (χ0n) is 20.7. The maximum atomic E-state index is 13.2. The number of amides is 3. The summed E-state index contributed by atoms with van der Waals surface area (Å²) in [5.41, 5.74) is 0.745. The van der Waals surface area contributed by atoms with Crippen molar-refractivity contribution in [3.63, 3.8) is 0 Å². The van der Waals surface area contributed by atoms with Crippen molar-refractivity contribution < 1.29 is 22.8 Å². The average molecular weight is 500 g/mol. The van der Waals surface area contributed by atoms with Gasteiger partial charge in [0.15, 0.2) is 0 Å². The summed E-state index contributed by atoms with van der Waals surface area (Å²) in [5.74, 6) is -1.10. The molecule has 3 amide bonds. The van der Waals surface area contributed by atoms with Gasteiger partial charge in [0.25, 0.3) is 15.9 Å². The van der Waals surface area contributed by atoms with Gasteiger partial charge in [0.1, 0.15) is 10.9 Å². The van der Waals surface area contributed by atoms with Gasteiger partial charge >= 0.3 is 0 Å². The number of carbonyl (C=O) groups excluding carboxylic acids is 3. The second-order valence-electron chi connectivity index (χ2n) is 9.72. The van der Waals surface area contributed by atoms with E-state index in [0.717, 1.165) is 9.87 Å². The molecule has 0 unspecified atom stereocenters. The molecule has 188 valence electrons. The third-order valence-electron chi connectivity index (χ3n) is 5.81. The Morgan fingerprint density at radius 2 is 1.66 bits per heavy atom. The number of sulfonamides is 1. The van der Waals surface area contributed by atoms with E-state index in [1.54, 1.807) is 19.1 Å². The van der Waals surface area contributed by atoms with Crippen molar-refractivity contribution in [1.29, 1.82) is 0 Å². The lowest BCUT2D eigenvalue weighted by atomic mass is 10.1. The molecule has 0 aliphatic carbocycles. The summed E-state index contributed by atoms with van der Waals surface area (Å²) in [5, 5.41) is 2.91. The van der Waals surface area contributed by atoms with Crippen LogP contribution in [0.5, 0.6) is 0 Å². The van der Waals surface area contributed by atoms with Gasteiger partial charge in [-0.2, -0.15) is 0 Å². The molecule has 1 aliphatic rings. The van der Waals surface area contributed by atoms with E-state index in [1.165, 1.54) is 17.0 Å². The number of nitrogens with zero attached hydrogens (tertiary/aromatic N) is 2. The number of hydrogen-bond acceptors (Lipinski definition) is 5. The van der Waals surface area contributed by atoms with Gasteiger partial charge in [-0.05, 0) is 58.2 Å². The van der Waals surface area contributed by atoms with Crippen molar-refractivity contribution in [1.82, 2.24) is 14.5 Å². The van der Waals surface area contributed by atoms with Crippen LogP contribution in [0.1, 0.15) is 56.5 Å². The van der Waals surface area contributed by atoms with E-state index in [-0.39, 0.29) is 41.7 Å². The largest absolute Gasteiger partial charge is 0.350 e. The Balaban J connectivity index is 1.68. The van der Waals surface area contributed by atoms with Crippen molar-refractivity contribution in [2.24, 2.45) is 0 Å². The van der Waals surface area contributed by atoms with E-state index in [0.29, 0.717) is 13.0 Å². The molecule has 0 fully saturated rings. The predicted molar refractivity (Wildman–Crippen MR) is 133 cm³/mol. The van der Waals surface area contributed by atoms with Gasteiger partial charge < -0.3 is 10.2 Å². The Bertz CT molecular complexity index is 1190. The van der Waals surface area contributed by atoms with Gasteiger partial charge in [-0.15, -0.1) is 0 Å². The second kappa shape index (κ2) is 10.6. The van der Waals surface area contributed by atoms with Gasteiger partial charge in [-0.3, -0.25) is 14.4 Å². The van der Waals surface area contributed by atoms with Gasteiger partial charge in [0, 0.05) is 25.0 Å². The first-order valence-electron chi connectivity index (χ1n) is 11.7. The van der Waals surface area contributed by atoms with Crippen LogP contribution in [0.3, 0.4) is 0 Å². The van der Waals surface area contributed by atoms with Gasteiger partial charge in [-0.25, -0.2) is 12.7 Å². The number of hydrogen-bond donors (Lipinski definition) is 1. The Labute approximate surface area is 207 Å².